The maximum atomic E-state index is 3.81. The van der Waals surface area contributed by atoms with E-state index < -0.39 is 0 Å². The Balaban J connectivity index is 2.43. The van der Waals surface area contributed by atoms with Crippen LogP contribution >= 0.6 is 43.2 Å². The van der Waals surface area contributed by atoms with Crippen molar-refractivity contribution in [1.29, 1.82) is 0 Å². The summed E-state index contributed by atoms with van der Waals surface area (Å²) in [6, 6.07) is 8.91. The number of benzene rings is 1. The SMILES string of the molecule is Cc1cc(C)cc(C(Br)c2cc(Br)sc2C)c1. The standard InChI is InChI=1S/C14H14Br2S/c1-8-4-9(2)6-11(5-8)14(16)12-7-13(15)17-10(12)3/h4-7,14H,1-3H3. The Morgan fingerprint density at radius 3 is 2.06 bits per heavy atom. The van der Waals surface area contributed by atoms with Gasteiger partial charge >= 0.3 is 0 Å². The molecule has 1 aromatic heterocycles. The summed E-state index contributed by atoms with van der Waals surface area (Å²) in [5.41, 5.74) is 5.32. The first-order valence-electron chi connectivity index (χ1n) is 5.45. The van der Waals surface area contributed by atoms with E-state index in [4.69, 9.17) is 0 Å². The molecule has 0 saturated carbocycles. The maximum Gasteiger partial charge on any atom is 0.0704 e. The van der Waals surface area contributed by atoms with Crippen LogP contribution in [0.5, 0.6) is 0 Å². The second-order valence-corrected chi connectivity index (χ2v) is 7.90. The van der Waals surface area contributed by atoms with Crippen molar-refractivity contribution in [3.8, 4) is 0 Å². The molecule has 0 nitrogen and oxygen atoms in total. The molecular weight excluding hydrogens is 360 g/mol. The Morgan fingerprint density at radius 2 is 1.59 bits per heavy atom. The molecule has 0 spiro atoms. The van der Waals surface area contributed by atoms with Gasteiger partial charge in [0.2, 0.25) is 0 Å². The van der Waals surface area contributed by atoms with Gasteiger partial charge in [-0.3, -0.25) is 0 Å². The van der Waals surface area contributed by atoms with Crippen molar-refractivity contribution >= 4 is 43.2 Å². The molecule has 1 unspecified atom stereocenters. The number of hydrogen-bond donors (Lipinski definition) is 0. The molecule has 1 atom stereocenters. The van der Waals surface area contributed by atoms with Crippen molar-refractivity contribution in [3.05, 3.63) is 55.2 Å². The van der Waals surface area contributed by atoms with E-state index in [1.165, 1.54) is 30.9 Å². The fourth-order valence-corrected chi connectivity index (χ4v) is 4.69. The van der Waals surface area contributed by atoms with E-state index in [0.717, 1.165) is 0 Å². The lowest BCUT2D eigenvalue weighted by Crippen LogP contribution is -1.94. The van der Waals surface area contributed by atoms with Crippen LogP contribution in [0.15, 0.2) is 28.1 Å². The molecule has 17 heavy (non-hydrogen) atoms. The van der Waals surface area contributed by atoms with Crippen molar-refractivity contribution in [2.24, 2.45) is 0 Å². The first-order chi connectivity index (χ1) is 7.97. The third kappa shape index (κ3) is 3.01. The molecule has 0 radical (unpaired) electrons. The second-order valence-electron chi connectivity index (χ2n) is 4.35. The van der Waals surface area contributed by atoms with E-state index >= 15 is 0 Å². The van der Waals surface area contributed by atoms with Crippen molar-refractivity contribution in [1.82, 2.24) is 0 Å². The summed E-state index contributed by atoms with van der Waals surface area (Å²) < 4.78 is 1.19. The van der Waals surface area contributed by atoms with Gasteiger partial charge < -0.3 is 0 Å². The highest BCUT2D eigenvalue weighted by molar-refractivity contribution is 9.11. The molecule has 1 aromatic carbocycles. The molecule has 0 amide bonds. The van der Waals surface area contributed by atoms with Crippen LogP contribution in [-0.2, 0) is 0 Å². The molecule has 0 bridgehead atoms. The topological polar surface area (TPSA) is 0 Å². The van der Waals surface area contributed by atoms with E-state index in [-0.39, 0.29) is 4.83 Å². The Morgan fingerprint density at radius 1 is 1.00 bits per heavy atom. The summed E-state index contributed by atoms with van der Waals surface area (Å²) >= 11 is 9.15. The second kappa shape index (κ2) is 5.25. The van der Waals surface area contributed by atoms with E-state index in [1.54, 1.807) is 11.3 Å². The van der Waals surface area contributed by atoms with Crippen molar-refractivity contribution < 1.29 is 0 Å². The molecule has 90 valence electrons. The zero-order valence-corrected chi connectivity index (χ0v) is 14.0. The summed E-state index contributed by atoms with van der Waals surface area (Å²) in [6.45, 7) is 6.46. The van der Waals surface area contributed by atoms with Crippen molar-refractivity contribution in [2.75, 3.05) is 0 Å². The summed E-state index contributed by atoms with van der Waals surface area (Å²) in [5.74, 6) is 0. The average molecular weight is 374 g/mol. The Kier molecular flexibility index (Phi) is 4.11. The first kappa shape index (κ1) is 13.3. The lowest BCUT2D eigenvalue weighted by atomic mass is 10.0. The van der Waals surface area contributed by atoms with Gasteiger partial charge in [-0.25, -0.2) is 0 Å². The minimum absolute atomic E-state index is 0.281. The smallest absolute Gasteiger partial charge is 0.0704 e. The number of aryl methyl sites for hydroxylation is 3. The van der Waals surface area contributed by atoms with Gasteiger partial charge in [0.05, 0.1) is 8.61 Å². The molecule has 1 heterocycles. The predicted octanol–water partition coefficient (Wildman–Crippen LogP) is 5.92. The van der Waals surface area contributed by atoms with E-state index in [0.29, 0.717) is 0 Å². The van der Waals surface area contributed by atoms with Crippen LogP contribution in [0.4, 0.5) is 0 Å². The summed E-state index contributed by atoms with van der Waals surface area (Å²) in [5, 5.41) is 0. The quantitative estimate of drug-likeness (QED) is 0.573. The average Bonchev–Trinajstić information content (AvgIpc) is 2.55. The minimum atomic E-state index is 0.281. The molecular formula is C14H14Br2S. The number of rotatable bonds is 2. The first-order valence-corrected chi connectivity index (χ1v) is 7.98. The van der Waals surface area contributed by atoms with Crippen LogP contribution in [0, 0.1) is 20.8 Å². The highest BCUT2D eigenvalue weighted by Gasteiger charge is 2.15. The fourth-order valence-electron chi connectivity index (χ4n) is 2.05. The van der Waals surface area contributed by atoms with Crippen LogP contribution < -0.4 is 0 Å². The zero-order valence-electron chi connectivity index (χ0n) is 10.1. The third-order valence-corrected chi connectivity index (χ3v) is 5.33. The van der Waals surface area contributed by atoms with Gasteiger partial charge in [-0.2, -0.15) is 0 Å². The summed E-state index contributed by atoms with van der Waals surface area (Å²) in [7, 11) is 0. The molecule has 0 aliphatic rings. The van der Waals surface area contributed by atoms with Crippen LogP contribution in [0.3, 0.4) is 0 Å². The van der Waals surface area contributed by atoms with Gasteiger partial charge in [0.1, 0.15) is 0 Å². The van der Waals surface area contributed by atoms with Crippen LogP contribution in [0.1, 0.15) is 32.0 Å². The van der Waals surface area contributed by atoms with E-state index in [9.17, 15) is 0 Å². The monoisotopic (exact) mass is 372 g/mol. The van der Waals surface area contributed by atoms with Crippen molar-refractivity contribution in [2.45, 2.75) is 25.6 Å². The minimum Gasteiger partial charge on any atom is -0.133 e. The Labute approximate surface area is 123 Å². The van der Waals surface area contributed by atoms with Gasteiger partial charge in [0.25, 0.3) is 0 Å². The van der Waals surface area contributed by atoms with Gasteiger partial charge in [-0.05, 0) is 53.9 Å². The van der Waals surface area contributed by atoms with Crippen LogP contribution in [-0.4, -0.2) is 0 Å². The maximum absolute atomic E-state index is 3.81. The van der Waals surface area contributed by atoms with E-state index in [2.05, 4.69) is 76.9 Å². The predicted molar refractivity (Wildman–Crippen MR) is 83.4 cm³/mol. The van der Waals surface area contributed by atoms with Crippen molar-refractivity contribution in [3.63, 3.8) is 0 Å². The van der Waals surface area contributed by atoms with Gasteiger partial charge in [0.15, 0.2) is 0 Å². The Bertz CT molecular complexity index is 523. The van der Waals surface area contributed by atoms with Crippen LogP contribution in [0.25, 0.3) is 0 Å². The fraction of sp³-hybridized carbons (Fsp3) is 0.286. The summed E-state index contributed by atoms with van der Waals surface area (Å²) in [6.07, 6.45) is 0. The number of hydrogen-bond acceptors (Lipinski definition) is 1. The lowest BCUT2D eigenvalue weighted by molar-refractivity contribution is 1.15. The molecule has 2 rings (SSSR count). The molecule has 3 heteroatoms. The number of halogens is 2. The molecule has 0 N–H and O–H groups in total. The summed E-state index contributed by atoms with van der Waals surface area (Å²) in [4.78, 5) is 1.64. The molecule has 0 fully saturated rings. The lowest BCUT2D eigenvalue weighted by Gasteiger charge is -2.12. The van der Waals surface area contributed by atoms with E-state index in [1.807, 2.05) is 0 Å². The highest BCUT2D eigenvalue weighted by atomic mass is 79.9. The molecule has 2 aromatic rings. The zero-order chi connectivity index (χ0) is 12.6. The number of thiophene rings is 1. The van der Waals surface area contributed by atoms with Gasteiger partial charge in [-0.15, -0.1) is 11.3 Å². The highest BCUT2D eigenvalue weighted by Crippen LogP contribution is 2.38. The third-order valence-electron chi connectivity index (χ3n) is 2.74. The van der Waals surface area contributed by atoms with Gasteiger partial charge in [0, 0.05) is 4.88 Å². The van der Waals surface area contributed by atoms with Gasteiger partial charge in [-0.1, -0.05) is 45.3 Å². The molecule has 0 aliphatic heterocycles. The molecule has 0 saturated heterocycles. The Hall–Kier alpha value is -0.120. The number of alkyl halides is 1. The van der Waals surface area contributed by atoms with Crippen LogP contribution in [0.2, 0.25) is 0 Å². The molecule has 0 aliphatic carbocycles. The largest absolute Gasteiger partial charge is 0.133 e. The normalized spacial score (nSPS) is 12.8.